The number of rotatable bonds is 0. The Morgan fingerprint density at radius 1 is 1.29 bits per heavy atom. The summed E-state index contributed by atoms with van der Waals surface area (Å²) in [4.78, 5) is 4.56. The van der Waals surface area contributed by atoms with Crippen molar-refractivity contribution in [1.82, 2.24) is 4.98 Å². The molecular formula is C13H7BrN2S. The van der Waals surface area contributed by atoms with Crippen molar-refractivity contribution < 1.29 is 0 Å². The second-order valence-corrected chi connectivity index (χ2v) is 6.27. The fourth-order valence-corrected chi connectivity index (χ4v) is 3.64. The lowest BCUT2D eigenvalue weighted by atomic mass is 10.1. The van der Waals surface area contributed by atoms with Crippen LogP contribution in [-0.2, 0) is 0 Å². The first-order chi connectivity index (χ1) is 8.19. The number of benzene rings is 1. The number of halogens is 1. The normalized spacial score (nSPS) is 10.9. The first-order valence-corrected chi connectivity index (χ1v) is 6.69. The molecule has 3 aromatic rings. The zero-order valence-corrected chi connectivity index (χ0v) is 11.4. The average molecular weight is 303 g/mol. The van der Waals surface area contributed by atoms with Crippen LogP contribution in [0, 0.1) is 18.3 Å². The van der Waals surface area contributed by atoms with Gasteiger partial charge in [-0.15, -0.1) is 11.3 Å². The van der Waals surface area contributed by atoms with E-state index in [2.05, 4.69) is 33.0 Å². The predicted octanol–water partition coefficient (Wildman–Crippen LogP) is 4.39. The molecule has 82 valence electrons. The molecule has 0 saturated heterocycles. The standard InChI is InChI=1S/C13H7BrN2S/c1-7-10-5-12(14)17-13(10)9-3-2-8(6-15)4-11(9)16-7/h2-5H,1H3. The van der Waals surface area contributed by atoms with E-state index in [1.54, 1.807) is 11.3 Å². The topological polar surface area (TPSA) is 36.7 Å². The highest BCUT2D eigenvalue weighted by molar-refractivity contribution is 9.11. The van der Waals surface area contributed by atoms with Crippen molar-refractivity contribution in [3.05, 3.63) is 39.3 Å². The fourth-order valence-electron chi connectivity index (χ4n) is 1.96. The SMILES string of the molecule is Cc1nc2cc(C#N)ccc2c2sc(Br)cc12. The summed E-state index contributed by atoms with van der Waals surface area (Å²) in [7, 11) is 0. The van der Waals surface area contributed by atoms with E-state index in [1.165, 1.54) is 10.1 Å². The van der Waals surface area contributed by atoms with E-state index in [-0.39, 0.29) is 0 Å². The van der Waals surface area contributed by atoms with Crippen LogP contribution in [0.4, 0.5) is 0 Å². The molecule has 0 aliphatic heterocycles. The van der Waals surface area contributed by atoms with Crippen LogP contribution in [0.3, 0.4) is 0 Å². The van der Waals surface area contributed by atoms with Crippen LogP contribution in [0.5, 0.6) is 0 Å². The summed E-state index contributed by atoms with van der Waals surface area (Å²) >= 11 is 5.21. The van der Waals surface area contributed by atoms with Gasteiger partial charge in [0.15, 0.2) is 0 Å². The number of pyridine rings is 1. The summed E-state index contributed by atoms with van der Waals surface area (Å²) in [5.74, 6) is 0. The molecule has 0 amide bonds. The Kier molecular flexibility index (Phi) is 2.39. The number of fused-ring (bicyclic) bond motifs is 3. The molecule has 1 aromatic carbocycles. The minimum atomic E-state index is 0.652. The zero-order chi connectivity index (χ0) is 12.0. The first-order valence-electron chi connectivity index (χ1n) is 5.08. The lowest BCUT2D eigenvalue weighted by Crippen LogP contribution is -1.85. The van der Waals surface area contributed by atoms with Crippen molar-refractivity contribution in [3.63, 3.8) is 0 Å². The average Bonchev–Trinajstić information content (AvgIpc) is 2.71. The maximum atomic E-state index is 8.90. The molecule has 0 radical (unpaired) electrons. The minimum absolute atomic E-state index is 0.652. The Bertz CT molecular complexity index is 783. The number of aryl methyl sites for hydroxylation is 1. The van der Waals surface area contributed by atoms with Gasteiger partial charge in [0.1, 0.15) is 0 Å². The Labute approximate surface area is 111 Å². The van der Waals surface area contributed by atoms with E-state index in [9.17, 15) is 0 Å². The maximum absolute atomic E-state index is 8.90. The Morgan fingerprint density at radius 2 is 2.12 bits per heavy atom. The Morgan fingerprint density at radius 3 is 2.88 bits per heavy atom. The quantitative estimate of drug-likeness (QED) is 0.617. The number of nitrogens with zero attached hydrogens (tertiary/aromatic N) is 2. The molecule has 2 heterocycles. The smallest absolute Gasteiger partial charge is 0.0992 e. The van der Waals surface area contributed by atoms with Gasteiger partial charge in [0.2, 0.25) is 0 Å². The summed E-state index contributed by atoms with van der Waals surface area (Å²) in [6.07, 6.45) is 0. The lowest BCUT2D eigenvalue weighted by molar-refractivity contribution is 1.29. The van der Waals surface area contributed by atoms with Crippen molar-refractivity contribution in [3.8, 4) is 6.07 Å². The van der Waals surface area contributed by atoms with E-state index in [4.69, 9.17) is 5.26 Å². The molecule has 0 unspecified atom stereocenters. The third kappa shape index (κ3) is 1.63. The van der Waals surface area contributed by atoms with Gasteiger partial charge in [0, 0.05) is 21.2 Å². The highest BCUT2D eigenvalue weighted by atomic mass is 79.9. The van der Waals surface area contributed by atoms with Crippen molar-refractivity contribution in [2.24, 2.45) is 0 Å². The van der Waals surface area contributed by atoms with Gasteiger partial charge in [0.25, 0.3) is 0 Å². The van der Waals surface area contributed by atoms with Gasteiger partial charge in [-0.3, -0.25) is 4.98 Å². The molecule has 2 nitrogen and oxygen atoms in total. The zero-order valence-electron chi connectivity index (χ0n) is 8.99. The second-order valence-electron chi connectivity index (χ2n) is 3.83. The van der Waals surface area contributed by atoms with Gasteiger partial charge in [-0.25, -0.2) is 0 Å². The largest absolute Gasteiger partial charge is 0.252 e. The summed E-state index contributed by atoms with van der Waals surface area (Å²) in [6.45, 7) is 2.00. The molecule has 0 spiro atoms. The number of hydrogen-bond acceptors (Lipinski definition) is 3. The first kappa shape index (κ1) is 10.7. The Hall–Kier alpha value is -1.44. The molecule has 0 aliphatic rings. The van der Waals surface area contributed by atoms with Crippen LogP contribution >= 0.6 is 27.3 Å². The minimum Gasteiger partial charge on any atom is -0.252 e. The van der Waals surface area contributed by atoms with Gasteiger partial charge in [-0.05, 0) is 41.1 Å². The van der Waals surface area contributed by atoms with E-state index in [1.807, 2.05) is 25.1 Å². The summed E-state index contributed by atoms with van der Waals surface area (Å²) < 4.78 is 2.33. The van der Waals surface area contributed by atoms with Crippen molar-refractivity contribution in [2.45, 2.75) is 6.92 Å². The summed E-state index contributed by atoms with van der Waals surface area (Å²) in [5.41, 5.74) is 2.55. The number of aromatic nitrogens is 1. The highest BCUT2D eigenvalue weighted by Crippen LogP contribution is 2.36. The molecule has 4 heteroatoms. The molecule has 2 aromatic heterocycles. The highest BCUT2D eigenvalue weighted by Gasteiger charge is 2.09. The third-order valence-corrected chi connectivity index (χ3v) is 4.42. The lowest BCUT2D eigenvalue weighted by Gasteiger charge is -2.02. The summed E-state index contributed by atoms with van der Waals surface area (Å²) in [5, 5.41) is 11.2. The van der Waals surface area contributed by atoms with Crippen LogP contribution in [0.1, 0.15) is 11.3 Å². The van der Waals surface area contributed by atoms with E-state index >= 15 is 0 Å². The molecular weight excluding hydrogens is 296 g/mol. The van der Waals surface area contributed by atoms with Gasteiger partial charge in [0.05, 0.1) is 20.9 Å². The molecule has 0 aliphatic carbocycles. The van der Waals surface area contributed by atoms with Crippen LogP contribution in [0.25, 0.3) is 21.0 Å². The maximum Gasteiger partial charge on any atom is 0.0992 e. The predicted molar refractivity (Wildman–Crippen MR) is 74.3 cm³/mol. The summed E-state index contributed by atoms with van der Waals surface area (Å²) in [6, 6.07) is 9.90. The number of thiophene rings is 1. The van der Waals surface area contributed by atoms with Crippen LogP contribution in [0.15, 0.2) is 28.1 Å². The van der Waals surface area contributed by atoms with Crippen molar-refractivity contribution in [1.29, 1.82) is 5.26 Å². The Balaban J connectivity index is 2.52. The fraction of sp³-hybridized carbons (Fsp3) is 0.0769. The molecule has 0 atom stereocenters. The van der Waals surface area contributed by atoms with Crippen LogP contribution in [-0.4, -0.2) is 4.98 Å². The van der Waals surface area contributed by atoms with E-state index < -0.39 is 0 Å². The third-order valence-electron chi connectivity index (χ3n) is 2.75. The molecule has 0 fully saturated rings. The van der Waals surface area contributed by atoms with Gasteiger partial charge in [-0.2, -0.15) is 5.26 Å². The molecule has 0 saturated carbocycles. The van der Waals surface area contributed by atoms with Gasteiger partial charge in [-0.1, -0.05) is 6.07 Å². The van der Waals surface area contributed by atoms with E-state index in [0.29, 0.717) is 5.56 Å². The van der Waals surface area contributed by atoms with E-state index in [0.717, 1.165) is 20.4 Å². The van der Waals surface area contributed by atoms with Crippen LogP contribution in [0.2, 0.25) is 0 Å². The van der Waals surface area contributed by atoms with Crippen molar-refractivity contribution >= 4 is 48.3 Å². The number of hydrogen-bond donors (Lipinski definition) is 0. The monoisotopic (exact) mass is 302 g/mol. The van der Waals surface area contributed by atoms with Crippen LogP contribution < -0.4 is 0 Å². The second kappa shape index (κ2) is 3.80. The van der Waals surface area contributed by atoms with Gasteiger partial charge < -0.3 is 0 Å². The number of nitriles is 1. The molecule has 17 heavy (non-hydrogen) atoms. The molecule has 0 N–H and O–H groups in total. The van der Waals surface area contributed by atoms with Crippen molar-refractivity contribution in [2.75, 3.05) is 0 Å². The van der Waals surface area contributed by atoms with Gasteiger partial charge >= 0.3 is 0 Å². The molecule has 0 bridgehead atoms. The molecule has 3 rings (SSSR count).